The lowest BCUT2D eigenvalue weighted by Crippen LogP contribution is -2.36. The number of guanidine groups is 1. The molecule has 2 rings (SSSR count). The number of halogens is 1. The van der Waals surface area contributed by atoms with Gasteiger partial charge in [0.25, 0.3) is 0 Å². The summed E-state index contributed by atoms with van der Waals surface area (Å²) in [6.45, 7) is 5.44. The van der Waals surface area contributed by atoms with E-state index in [1.807, 2.05) is 12.3 Å². The zero-order valence-corrected chi connectivity index (χ0v) is 18.1. The Morgan fingerprint density at radius 1 is 1.07 bits per heavy atom. The number of benzene rings is 2. The van der Waals surface area contributed by atoms with E-state index < -0.39 is 0 Å². The summed E-state index contributed by atoms with van der Waals surface area (Å²) in [6, 6.07) is 13.6. The highest BCUT2D eigenvalue weighted by molar-refractivity contribution is 7.97. The van der Waals surface area contributed by atoms with E-state index in [0.717, 1.165) is 35.9 Å². The zero-order valence-electron chi connectivity index (χ0n) is 17.3. The third-order valence-electron chi connectivity index (χ3n) is 4.58. The van der Waals surface area contributed by atoms with Crippen LogP contribution in [0.25, 0.3) is 0 Å². The fraction of sp³-hybridized carbons (Fsp3) is 0.409. The van der Waals surface area contributed by atoms with Crippen LogP contribution in [0.5, 0.6) is 0 Å². The van der Waals surface area contributed by atoms with Gasteiger partial charge in [-0.25, -0.2) is 4.39 Å². The maximum absolute atomic E-state index is 13.5. The van der Waals surface area contributed by atoms with E-state index in [9.17, 15) is 4.39 Å². The van der Waals surface area contributed by atoms with Crippen molar-refractivity contribution in [1.29, 1.82) is 0 Å². The lowest BCUT2D eigenvalue weighted by Gasteiger charge is -2.16. The molecule has 0 aromatic heterocycles. The fourth-order valence-electron chi connectivity index (χ4n) is 2.90. The zero-order chi connectivity index (χ0) is 20.4. The van der Waals surface area contributed by atoms with E-state index in [2.05, 4.69) is 58.8 Å². The van der Waals surface area contributed by atoms with Crippen molar-refractivity contribution < 1.29 is 4.39 Å². The molecule has 0 saturated heterocycles. The number of hydrogen-bond acceptors (Lipinski definition) is 3. The van der Waals surface area contributed by atoms with Gasteiger partial charge >= 0.3 is 0 Å². The van der Waals surface area contributed by atoms with Crippen molar-refractivity contribution in [3.63, 3.8) is 0 Å². The first-order chi connectivity index (χ1) is 13.5. The Hall–Kier alpha value is -2.05. The van der Waals surface area contributed by atoms with Crippen LogP contribution in [0.15, 0.2) is 47.5 Å². The normalized spacial score (nSPS) is 11.7. The van der Waals surface area contributed by atoms with E-state index in [4.69, 9.17) is 0 Å². The van der Waals surface area contributed by atoms with Crippen molar-refractivity contribution in [2.75, 3.05) is 26.9 Å². The Morgan fingerprint density at radius 3 is 2.54 bits per heavy atom. The minimum absolute atomic E-state index is 0.191. The molecule has 2 N–H and O–H groups in total. The minimum atomic E-state index is -0.191. The summed E-state index contributed by atoms with van der Waals surface area (Å²) in [5, 5.41) is 6.69. The Labute approximate surface area is 172 Å². The van der Waals surface area contributed by atoms with Crippen molar-refractivity contribution in [2.24, 2.45) is 4.99 Å². The molecule has 0 heterocycles. The molecular formula is C22H31FN4S. The van der Waals surface area contributed by atoms with E-state index in [1.54, 1.807) is 24.9 Å². The molecule has 0 aliphatic heterocycles. The molecule has 28 heavy (non-hydrogen) atoms. The molecule has 0 unspecified atom stereocenters. The quantitative estimate of drug-likeness (QED) is 0.491. The molecular weight excluding hydrogens is 371 g/mol. The molecule has 0 aliphatic carbocycles. The third kappa shape index (κ3) is 7.17. The lowest BCUT2D eigenvalue weighted by atomic mass is 10.1. The van der Waals surface area contributed by atoms with Gasteiger partial charge in [-0.3, -0.25) is 4.99 Å². The van der Waals surface area contributed by atoms with Gasteiger partial charge in [-0.15, -0.1) is 0 Å². The van der Waals surface area contributed by atoms with Crippen LogP contribution in [0.4, 0.5) is 4.39 Å². The predicted molar refractivity (Wildman–Crippen MR) is 119 cm³/mol. The number of nitrogens with one attached hydrogen (secondary N) is 2. The Balaban J connectivity index is 1.93. The van der Waals surface area contributed by atoms with Crippen LogP contribution in [-0.2, 0) is 25.4 Å². The van der Waals surface area contributed by atoms with Gasteiger partial charge in [-0.1, -0.05) is 37.3 Å². The average Bonchev–Trinajstić information content (AvgIpc) is 2.70. The summed E-state index contributed by atoms with van der Waals surface area (Å²) in [7, 11) is 3.88. The standard InChI is InChI=1S/C22H31FN4S/c1-5-27(3)15-18-8-6-7-17(11-18)13-25-22(24-2)26-14-19-9-10-21(23)12-20(19)16-28-4/h6-12H,5,13-16H2,1-4H3,(H2,24,25,26). The first kappa shape index (κ1) is 22.2. The second kappa shape index (κ2) is 11.7. The molecule has 0 spiro atoms. The second-order valence-electron chi connectivity index (χ2n) is 6.78. The van der Waals surface area contributed by atoms with Crippen molar-refractivity contribution in [2.45, 2.75) is 32.3 Å². The van der Waals surface area contributed by atoms with Crippen LogP contribution in [0.2, 0.25) is 0 Å². The van der Waals surface area contributed by atoms with Gasteiger partial charge < -0.3 is 15.5 Å². The first-order valence-electron chi connectivity index (χ1n) is 9.52. The second-order valence-corrected chi connectivity index (χ2v) is 7.64. The van der Waals surface area contributed by atoms with Crippen LogP contribution in [0.1, 0.15) is 29.2 Å². The highest BCUT2D eigenvalue weighted by Gasteiger charge is 2.06. The molecule has 0 bridgehead atoms. The van der Waals surface area contributed by atoms with Crippen LogP contribution in [0.3, 0.4) is 0 Å². The Morgan fingerprint density at radius 2 is 1.82 bits per heavy atom. The van der Waals surface area contributed by atoms with Crippen molar-refractivity contribution in [3.05, 3.63) is 70.5 Å². The van der Waals surface area contributed by atoms with Gasteiger partial charge in [0.1, 0.15) is 5.82 Å². The highest BCUT2D eigenvalue weighted by atomic mass is 32.2. The summed E-state index contributed by atoms with van der Waals surface area (Å²) in [4.78, 5) is 6.58. The summed E-state index contributed by atoms with van der Waals surface area (Å²) >= 11 is 1.69. The van der Waals surface area contributed by atoms with Crippen LogP contribution in [0, 0.1) is 5.82 Å². The number of rotatable bonds is 9. The molecule has 6 heteroatoms. The first-order valence-corrected chi connectivity index (χ1v) is 10.9. The van der Waals surface area contributed by atoms with E-state index >= 15 is 0 Å². The van der Waals surface area contributed by atoms with Crippen molar-refractivity contribution in [1.82, 2.24) is 15.5 Å². The summed E-state index contributed by atoms with van der Waals surface area (Å²) in [6.07, 6.45) is 2.02. The number of thioether (sulfide) groups is 1. The van der Waals surface area contributed by atoms with Gasteiger partial charge in [-0.05, 0) is 54.2 Å². The van der Waals surface area contributed by atoms with Crippen molar-refractivity contribution >= 4 is 17.7 Å². The van der Waals surface area contributed by atoms with E-state index in [0.29, 0.717) is 13.1 Å². The van der Waals surface area contributed by atoms with Crippen molar-refractivity contribution in [3.8, 4) is 0 Å². The molecule has 152 valence electrons. The minimum Gasteiger partial charge on any atom is -0.352 e. The summed E-state index contributed by atoms with van der Waals surface area (Å²) < 4.78 is 13.5. The maximum atomic E-state index is 13.5. The molecule has 0 atom stereocenters. The molecule has 0 aliphatic rings. The summed E-state index contributed by atoms with van der Waals surface area (Å²) in [5.74, 6) is 1.33. The predicted octanol–water partition coefficient (Wildman–Crippen LogP) is 4.01. The van der Waals surface area contributed by atoms with Gasteiger partial charge in [-0.2, -0.15) is 11.8 Å². The summed E-state index contributed by atoms with van der Waals surface area (Å²) in [5.41, 5.74) is 4.63. The third-order valence-corrected chi connectivity index (χ3v) is 5.18. The molecule has 4 nitrogen and oxygen atoms in total. The van der Waals surface area contributed by atoms with Gasteiger partial charge in [0.2, 0.25) is 0 Å². The smallest absolute Gasteiger partial charge is 0.191 e. The number of nitrogens with zero attached hydrogens (tertiary/aromatic N) is 2. The van der Waals surface area contributed by atoms with Crippen LogP contribution >= 0.6 is 11.8 Å². The fourth-order valence-corrected chi connectivity index (χ4v) is 3.48. The van der Waals surface area contributed by atoms with Gasteiger partial charge in [0, 0.05) is 32.4 Å². The van der Waals surface area contributed by atoms with Gasteiger partial charge in [0.15, 0.2) is 5.96 Å². The van der Waals surface area contributed by atoms with Crippen LogP contribution in [-0.4, -0.2) is 37.8 Å². The Kier molecular flexibility index (Phi) is 9.31. The van der Waals surface area contributed by atoms with Crippen LogP contribution < -0.4 is 10.6 Å². The highest BCUT2D eigenvalue weighted by Crippen LogP contribution is 2.16. The molecule has 0 radical (unpaired) electrons. The van der Waals surface area contributed by atoms with Gasteiger partial charge in [0.05, 0.1) is 0 Å². The maximum Gasteiger partial charge on any atom is 0.191 e. The largest absolute Gasteiger partial charge is 0.352 e. The average molecular weight is 403 g/mol. The molecule has 2 aromatic carbocycles. The molecule has 0 saturated carbocycles. The lowest BCUT2D eigenvalue weighted by molar-refractivity contribution is 0.345. The SMILES string of the molecule is CCN(C)Cc1cccc(CNC(=NC)NCc2ccc(F)cc2CSC)c1. The number of hydrogen-bond donors (Lipinski definition) is 2. The monoisotopic (exact) mass is 402 g/mol. The molecule has 2 aromatic rings. The topological polar surface area (TPSA) is 39.7 Å². The number of aliphatic imine (C=N–C) groups is 1. The van der Waals surface area contributed by atoms with E-state index in [-0.39, 0.29) is 5.82 Å². The molecule has 0 fully saturated rings. The molecule has 0 amide bonds. The van der Waals surface area contributed by atoms with E-state index in [1.165, 1.54) is 17.2 Å². The Bertz CT molecular complexity index is 779.